The van der Waals surface area contributed by atoms with Gasteiger partial charge in [0.05, 0.1) is 13.8 Å². The molecule has 0 spiro atoms. The molecule has 0 saturated heterocycles. The van der Waals surface area contributed by atoms with E-state index in [1.54, 1.807) is 0 Å². The number of benzene rings is 2. The molecule has 0 atom stereocenters. The number of hydrogen-bond acceptors (Lipinski definition) is 1. The van der Waals surface area contributed by atoms with Crippen LogP contribution in [-0.4, -0.2) is 13.1 Å². The fourth-order valence-electron chi connectivity index (χ4n) is 2.79. The van der Waals surface area contributed by atoms with E-state index < -0.39 is 8.07 Å². The van der Waals surface area contributed by atoms with Crippen molar-refractivity contribution in [3.63, 3.8) is 0 Å². The second kappa shape index (κ2) is 6.13. The first-order chi connectivity index (χ1) is 10.9. The number of nitrogens with zero attached hydrogens (tertiary/aromatic N) is 1. The minimum atomic E-state index is -1.46. The molecule has 116 valence electrons. The van der Waals surface area contributed by atoms with Crippen LogP contribution >= 0.6 is 0 Å². The van der Waals surface area contributed by atoms with Gasteiger partial charge < -0.3 is 0 Å². The lowest BCUT2D eigenvalue weighted by atomic mass is 10.0. The van der Waals surface area contributed by atoms with Crippen LogP contribution < -0.4 is 5.19 Å². The van der Waals surface area contributed by atoms with Gasteiger partial charge in [0, 0.05) is 11.8 Å². The van der Waals surface area contributed by atoms with Crippen LogP contribution in [0.15, 0.2) is 66.9 Å². The molecule has 0 aliphatic heterocycles. The van der Waals surface area contributed by atoms with Gasteiger partial charge in [-0.1, -0.05) is 79.8 Å². The van der Waals surface area contributed by atoms with Crippen molar-refractivity contribution in [3.05, 3.63) is 72.4 Å². The zero-order valence-corrected chi connectivity index (χ0v) is 15.3. The fraction of sp³-hybridized carbons (Fsp3) is 0.190. The second-order valence-electron chi connectivity index (χ2n) is 7.10. The predicted octanol–water partition coefficient (Wildman–Crippen LogP) is 5.27. The Balaban J connectivity index is 2.17. The van der Waals surface area contributed by atoms with Gasteiger partial charge in [0.25, 0.3) is 0 Å². The molecule has 0 unspecified atom stereocenters. The van der Waals surface area contributed by atoms with Crippen molar-refractivity contribution in [2.75, 3.05) is 0 Å². The summed E-state index contributed by atoms with van der Waals surface area (Å²) in [6, 6.07) is 21.5. The van der Waals surface area contributed by atoms with Gasteiger partial charge >= 0.3 is 0 Å². The summed E-state index contributed by atoms with van der Waals surface area (Å²) in [7, 11) is -1.46. The molecule has 1 aromatic heterocycles. The molecule has 0 aliphatic rings. The van der Waals surface area contributed by atoms with E-state index in [0.29, 0.717) is 0 Å². The molecular formula is C21H23NSi. The minimum absolute atomic E-state index is 1.05. The zero-order chi connectivity index (χ0) is 16.4. The normalized spacial score (nSPS) is 11.5. The first kappa shape index (κ1) is 15.7. The third-order valence-electron chi connectivity index (χ3n) is 4.14. The molecule has 0 saturated carbocycles. The van der Waals surface area contributed by atoms with Crippen LogP contribution in [0.3, 0.4) is 0 Å². The molecule has 0 bridgehead atoms. The van der Waals surface area contributed by atoms with Gasteiger partial charge in [-0.25, -0.2) is 0 Å². The largest absolute Gasteiger partial charge is 0.256 e. The van der Waals surface area contributed by atoms with E-state index in [-0.39, 0.29) is 0 Å². The molecule has 2 aromatic carbocycles. The summed E-state index contributed by atoms with van der Waals surface area (Å²) in [5.41, 5.74) is 6.10. The summed E-state index contributed by atoms with van der Waals surface area (Å²) in [5, 5.41) is 1.42. The monoisotopic (exact) mass is 317 g/mol. The van der Waals surface area contributed by atoms with Gasteiger partial charge in [-0.2, -0.15) is 0 Å². The van der Waals surface area contributed by atoms with Crippen molar-refractivity contribution in [1.82, 2.24) is 4.98 Å². The van der Waals surface area contributed by atoms with Crippen LogP contribution in [0.25, 0.3) is 22.4 Å². The topological polar surface area (TPSA) is 12.9 Å². The Labute approximate surface area is 140 Å². The van der Waals surface area contributed by atoms with Crippen molar-refractivity contribution < 1.29 is 0 Å². The third-order valence-corrected chi connectivity index (χ3v) is 6.16. The molecular weight excluding hydrogens is 294 g/mol. The minimum Gasteiger partial charge on any atom is -0.256 e. The highest BCUT2D eigenvalue weighted by molar-refractivity contribution is 6.89. The molecule has 3 aromatic rings. The van der Waals surface area contributed by atoms with E-state index in [0.717, 1.165) is 5.69 Å². The molecule has 3 rings (SSSR count). The summed E-state index contributed by atoms with van der Waals surface area (Å²) < 4.78 is 0. The molecule has 1 heterocycles. The maximum absolute atomic E-state index is 4.77. The molecule has 23 heavy (non-hydrogen) atoms. The Morgan fingerprint density at radius 1 is 0.783 bits per heavy atom. The van der Waals surface area contributed by atoms with Crippen molar-refractivity contribution in [3.8, 4) is 22.4 Å². The fourth-order valence-corrected chi connectivity index (χ4v) is 4.27. The Hall–Kier alpha value is -2.19. The molecule has 0 N–H and O–H groups in total. The second-order valence-corrected chi connectivity index (χ2v) is 12.1. The number of pyridine rings is 1. The third kappa shape index (κ3) is 3.43. The molecule has 2 heteroatoms. The average molecular weight is 318 g/mol. The SMILES string of the molecule is Cc1ccc(-c2cc(-c3ccccc3)c([Si](C)(C)C)cn2)cc1. The first-order valence-electron chi connectivity index (χ1n) is 8.08. The Morgan fingerprint density at radius 3 is 2.04 bits per heavy atom. The van der Waals surface area contributed by atoms with E-state index in [4.69, 9.17) is 4.98 Å². The number of hydrogen-bond donors (Lipinski definition) is 0. The van der Waals surface area contributed by atoms with Gasteiger partial charge in [0.2, 0.25) is 0 Å². The Kier molecular flexibility index (Phi) is 4.18. The van der Waals surface area contributed by atoms with Gasteiger partial charge in [-0.3, -0.25) is 4.98 Å². The van der Waals surface area contributed by atoms with E-state index in [9.17, 15) is 0 Å². The van der Waals surface area contributed by atoms with Gasteiger partial charge in [0.15, 0.2) is 0 Å². The van der Waals surface area contributed by atoms with Crippen molar-refractivity contribution >= 4 is 13.3 Å². The van der Waals surface area contributed by atoms with Crippen molar-refractivity contribution in [2.24, 2.45) is 0 Å². The van der Waals surface area contributed by atoms with Gasteiger partial charge in [0.1, 0.15) is 0 Å². The van der Waals surface area contributed by atoms with Crippen molar-refractivity contribution in [1.29, 1.82) is 0 Å². The zero-order valence-electron chi connectivity index (χ0n) is 14.3. The standard InChI is InChI=1S/C21H23NSi/c1-16-10-12-18(13-11-16)20-14-19(17-8-6-5-7-9-17)21(15-22-20)23(2,3)4/h5-15H,1-4H3. The maximum atomic E-state index is 4.77. The smallest absolute Gasteiger partial charge is 0.0804 e. The van der Waals surface area contributed by atoms with E-state index in [1.807, 2.05) is 0 Å². The molecule has 0 aliphatic carbocycles. The van der Waals surface area contributed by atoms with E-state index >= 15 is 0 Å². The predicted molar refractivity (Wildman–Crippen MR) is 103 cm³/mol. The maximum Gasteiger partial charge on any atom is 0.0804 e. The summed E-state index contributed by atoms with van der Waals surface area (Å²) in [6.45, 7) is 9.24. The molecule has 0 amide bonds. The average Bonchev–Trinajstić information content (AvgIpc) is 2.55. The van der Waals surface area contributed by atoms with Crippen LogP contribution in [0.2, 0.25) is 19.6 Å². The number of rotatable bonds is 3. The quantitative estimate of drug-likeness (QED) is 0.600. The molecule has 0 radical (unpaired) electrons. The van der Waals surface area contributed by atoms with Gasteiger partial charge in [-0.15, -0.1) is 0 Å². The highest BCUT2D eigenvalue weighted by Gasteiger charge is 2.22. The lowest BCUT2D eigenvalue weighted by molar-refractivity contribution is 1.33. The summed E-state index contributed by atoms with van der Waals surface area (Å²) in [6.07, 6.45) is 2.10. The lowest BCUT2D eigenvalue weighted by Gasteiger charge is -2.21. The summed E-state index contributed by atoms with van der Waals surface area (Å²) in [5.74, 6) is 0. The lowest BCUT2D eigenvalue weighted by Crippen LogP contribution is -2.39. The van der Waals surface area contributed by atoms with Crippen LogP contribution in [0.4, 0.5) is 0 Å². The number of aryl methyl sites for hydroxylation is 1. The van der Waals surface area contributed by atoms with Crippen molar-refractivity contribution in [2.45, 2.75) is 26.6 Å². The Bertz CT molecular complexity index is 799. The van der Waals surface area contributed by atoms with E-state index in [2.05, 4.69) is 93.4 Å². The highest BCUT2D eigenvalue weighted by Crippen LogP contribution is 2.25. The van der Waals surface area contributed by atoms with Crippen LogP contribution in [0.1, 0.15) is 5.56 Å². The van der Waals surface area contributed by atoms with Crippen LogP contribution in [0, 0.1) is 6.92 Å². The number of aromatic nitrogens is 1. The van der Waals surface area contributed by atoms with E-state index in [1.165, 1.54) is 27.4 Å². The molecule has 0 fully saturated rings. The Morgan fingerprint density at radius 2 is 1.43 bits per heavy atom. The van der Waals surface area contributed by atoms with Crippen LogP contribution in [0.5, 0.6) is 0 Å². The summed E-state index contributed by atoms with van der Waals surface area (Å²) in [4.78, 5) is 4.77. The van der Waals surface area contributed by atoms with Gasteiger partial charge in [-0.05, 0) is 29.3 Å². The molecule has 1 nitrogen and oxygen atoms in total. The highest BCUT2D eigenvalue weighted by atomic mass is 28.3. The summed E-state index contributed by atoms with van der Waals surface area (Å²) >= 11 is 0. The first-order valence-corrected chi connectivity index (χ1v) is 11.6. The van der Waals surface area contributed by atoms with Crippen LogP contribution in [-0.2, 0) is 0 Å².